The van der Waals surface area contributed by atoms with Crippen molar-refractivity contribution in [2.45, 2.75) is 6.10 Å². The number of fused-ring (bicyclic) bond motifs is 1. The Kier molecular flexibility index (Phi) is 2.80. The molecule has 2 rings (SSSR count). The Morgan fingerprint density at radius 2 is 2.31 bits per heavy atom. The topological polar surface area (TPSA) is 67.4 Å². The van der Waals surface area contributed by atoms with Crippen LogP contribution in [-0.4, -0.2) is 23.3 Å². The van der Waals surface area contributed by atoms with Crippen LogP contribution < -0.4 is 11.1 Å². The molecule has 1 aromatic carbocycles. The van der Waals surface area contributed by atoms with Gasteiger partial charge in [-0.25, -0.2) is 4.79 Å². The van der Waals surface area contributed by atoms with Crippen LogP contribution >= 0.6 is 0 Å². The Morgan fingerprint density at radius 3 is 3.00 bits per heavy atom. The first-order valence-corrected chi connectivity index (χ1v) is 5.05. The SMILES string of the molecule is CNCC(O)c1ccc2oc(=O)n(C)c2c1. The highest BCUT2D eigenvalue weighted by Crippen LogP contribution is 2.18. The third-order valence-electron chi connectivity index (χ3n) is 2.60. The summed E-state index contributed by atoms with van der Waals surface area (Å²) in [7, 11) is 3.41. The summed E-state index contributed by atoms with van der Waals surface area (Å²) < 4.78 is 6.43. The van der Waals surface area contributed by atoms with Crippen molar-refractivity contribution >= 4 is 11.1 Å². The summed E-state index contributed by atoms with van der Waals surface area (Å²) in [5, 5.41) is 12.7. The van der Waals surface area contributed by atoms with E-state index in [2.05, 4.69) is 5.32 Å². The van der Waals surface area contributed by atoms with E-state index >= 15 is 0 Å². The van der Waals surface area contributed by atoms with Crippen LogP contribution in [0.25, 0.3) is 11.1 Å². The van der Waals surface area contributed by atoms with Gasteiger partial charge in [0.2, 0.25) is 0 Å². The van der Waals surface area contributed by atoms with Gasteiger partial charge in [-0.05, 0) is 24.7 Å². The predicted octanol–water partition coefficient (Wildman–Crippen LogP) is 0.384. The number of aliphatic hydroxyl groups is 1. The maximum atomic E-state index is 11.3. The number of oxazole rings is 1. The van der Waals surface area contributed by atoms with Gasteiger partial charge in [-0.2, -0.15) is 0 Å². The molecule has 1 aromatic heterocycles. The van der Waals surface area contributed by atoms with Gasteiger partial charge < -0.3 is 14.8 Å². The highest BCUT2D eigenvalue weighted by molar-refractivity contribution is 5.73. The maximum Gasteiger partial charge on any atom is 0.419 e. The molecule has 0 fully saturated rings. The van der Waals surface area contributed by atoms with Crippen molar-refractivity contribution < 1.29 is 9.52 Å². The summed E-state index contributed by atoms with van der Waals surface area (Å²) in [6.07, 6.45) is -0.584. The number of aryl methyl sites for hydroxylation is 1. The fourth-order valence-electron chi connectivity index (χ4n) is 1.66. The molecule has 0 aliphatic carbocycles. The van der Waals surface area contributed by atoms with Gasteiger partial charge in [-0.1, -0.05) is 6.07 Å². The van der Waals surface area contributed by atoms with Crippen LogP contribution in [0.5, 0.6) is 0 Å². The first kappa shape index (κ1) is 10.9. The number of nitrogens with zero attached hydrogens (tertiary/aromatic N) is 1. The summed E-state index contributed by atoms with van der Waals surface area (Å²) in [6, 6.07) is 5.22. The Morgan fingerprint density at radius 1 is 1.56 bits per heavy atom. The second-order valence-electron chi connectivity index (χ2n) is 3.73. The molecule has 2 aromatic rings. The van der Waals surface area contributed by atoms with E-state index in [1.807, 2.05) is 0 Å². The number of aliphatic hydroxyl groups excluding tert-OH is 1. The van der Waals surface area contributed by atoms with Gasteiger partial charge in [-0.3, -0.25) is 4.57 Å². The summed E-state index contributed by atoms with van der Waals surface area (Å²) >= 11 is 0. The molecule has 1 unspecified atom stereocenters. The van der Waals surface area contributed by atoms with Crippen molar-refractivity contribution in [3.05, 3.63) is 34.3 Å². The average Bonchev–Trinajstić information content (AvgIpc) is 2.55. The van der Waals surface area contributed by atoms with Crippen molar-refractivity contribution in [1.82, 2.24) is 9.88 Å². The molecule has 0 aliphatic heterocycles. The van der Waals surface area contributed by atoms with Crippen LogP contribution in [-0.2, 0) is 7.05 Å². The highest BCUT2D eigenvalue weighted by atomic mass is 16.4. The van der Waals surface area contributed by atoms with Crippen molar-refractivity contribution in [3.63, 3.8) is 0 Å². The number of aromatic nitrogens is 1. The minimum Gasteiger partial charge on any atom is -0.408 e. The zero-order chi connectivity index (χ0) is 11.7. The molecule has 16 heavy (non-hydrogen) atoms. The van der Waals surface area contributed by atoms with E-state index in [0.29, 0.717) is 17.6 Å². The molecule has 0 amide bonds. The van der Waals surface area contributed by atoms with E-state index in [1.54, 1.807) is 32.3 Å². The van der Waals surface area contributed by atoms with Gasteiger partial charge in [0, 0.05) is 13.6 Å². The minimum atomic E-state index is -0.584. The molecule has 86 valence electrons. The van der Waals surface area contributed by atoms with Gasteiger partial charge >= 0.3 is 5.76 Å². The van der Waals surface area contributed by atoms with Crippen molar-refractivity contribution in [3.8, 4) is 0 Å². The van der Waals surface area contributed by atoms with E-state index in [9.17, 15) is 9.90 Å². The molecule has 0 radical (unpaired) electrons. The molecular weight excluding hydrogens is 208 g/mol. The first-order chi connectivity index (χ1) is 7.63. The molecule has 1 heterocycles. The molecule has 0 aliphatic rings. The highest BCUT2D eigenvalue weighted by Gasteiger charge is 2.10. The van der Waals surface area contributed by atoms with Gasteiger partial charge in [0.25, 0.3) is 0 Å². The molecule has 2 N–H and O–H groups in total. The summed E-state index contributed by atoms with van der Waals surface area (Å²) in [5.41, 5.74) is 1.99. The largest absolute Gasteiger partial charge is 0.419 e. The average molecular weight is 222 g/mol. The number of likely N-dealkylation sites (N-methyl/N-ethyl adjacent to an activating group) is 1. The molecule has 0 spiro atoms. The number of rotatable bonds is 3. The van der Waals surface area contributed by atoms with Gasteiger partial charge in [0.15, 0.2) is 5.58 Å². The van der Waals surface area contributed by atoms with Crippen LogP contribution in [0.4, 0.5) is 0 Å². The second kappa shape index (κ2) is 4.11. The number of nitrogens with one attached hydrogen (secondary N) is 1. The Labute approximate surface area is 92.3 Å². The zero-order valence-corrected chi connectivity index (χ0v) is 9.23. The van der Waals surface area contributed by atoms with Crippen LogP contribution in [0.15, 0.2) is 27.4 Å². The van der Waals surface area contributed by atoms with Crippen LogP contribution in [0.1, 0.15) is 11.7 Å². The molecular formula is C11H14N2O3. The van der Waals surface area contributed by atoms with Gasteiger partial charge in [0.1, 0.15) is 0 Å². The fourth-order valence-corrected chi connectivity index (χ4v) is 1.66. The standard InChI is InChI=1S/C11H14N2O3/c1-12-6-9(14)7-3-4-10-8(5-7)13(2)11(15)16-10/h3-5,9,12,14H,6H2,1-2H3. The lowest BCUT2D eigenvalue weighted by atomic mass is 10.1. The Balaban J connectivity index is 2.50. The fraction of sp³-hybridized carbons (Fsp3) is 0.364. The lowest BCUT2D eigenvalue weighted by Gasteiger charge is -2.09. The lowest BCUT2D eigenvalue weighted by molar-refractivity contribution is 0.178. The van der Waals surface area contributed by atoms with Gasteiger partial charge in [0.05, 0.1) is 11.6 Å². The minimum absolute atomic E-state index is 0.393. The summed E-state index contributed by atoms with van der Waals surface area (Å²) in [5.74, 6) is -0.393. The van der Waals surface area contributed by atoms with Crippen LogP contribution in [0.3, 0.4) is 0 Å². The van der Waals surface area contributed by atoms with E-state index in [1.165, 1.54) is 4.57 Å². The predicted molar refractivity (Wildman–Crippen MR) is 60.3 cm³/mol. The monoisotopic (exact) mass is 222 g/mol. The number of benzene rings is 1. The molecule has 0 bridgehead atoms. The van der Waals surface area contributed by atoms with E-state index < -0.39 is 11.9 Å². The lowest BCUT2D eigenvalue weighted by Crippen LogP contribution is -2.16. The third kappa shape index (κ3) is 1.75. The zero-order valence-electron chi connectivity index (χ0n) is 9.23. The molecule has 1 atom stereocenters. The second-order valence-corrected chi connectivity index (χ2v) is 3.73. The van der Waals surface area contributed by atoms with Crippen molar-refractivity contribution in [1.29, 1.82) is 0 Å². The molecule has 0 saturated heterocycles. The maximum absolute atomic E-state index is 11.3. The molecule has 5 heteroatoms. The third-order valence-corrected chi connectivity index (χ3v) is 2.60. The van der Waals surface area contributed by atoms with E-state index in [4.69, 9.17) is 4.42 Å². The smallest absolute Gasteiger partial charge is 0.408 e. The van der Waals surface area contributed by atoms with E-state index in [0.717, 1.165) is 5.56 Å². The van der Waals surface area contributed by atoms with Gasteiger partial charge in [-0.15, -0.1) is 0 Å². The molecule has 0 saturated carbocycles. The van der Waals surface area contributed by atoms with Crippen LogP contribution in [0, 0.1) is 0 Å². The number of hydrogen-bond donors (Lipinski definition) is 2. The van der Waals surface area contributed by atoms with Crippen LogP contribution in [0.2, 0.25) is 0 Å². The van der Waals surface area contributed by atoms with Crippen molar-refractivity contribution in [2.75, 3.05) is 13.6 Å². The Bertz CT molecular complexity index is 556. The normalized spacial score (nSPS) is 13.2. The quantitative estimate of drug-likeness (QED) is 0.788. The van der Waals surface area contributed by atoms with E-state index in [-0.39, 0.29) is 0 Å². The first-order valence-electron chi connectivity index (χ1n) is 5.05. The summed E-state index contributed by atoms with van der Waals surface area (Å²) in [4.78, 5) is 11.3. The summed E-state index contributed by atoms with van der Waals surface area (Å²) in [6.45, 7) is 0.470. The number of hydrogen-bond acceptors (Lipinski definition) is 4. The molecule has 5 nitrogen and oxygen atoms in total. The van der Waals surface area contributed by atoms with Crippen molar-refractivity contribution in [2.24, 2.45) is 7.05 Å². The Hall–Kier alpha value is -1.59.